The van der Waals surface area contributed by atoms with Gasteiger partial charge in [-0.1, -0.05) is 211 Å². The molecule has 0 aromatic heterocycles. The number of benzene rings is 9. The fourth-order valence-electron chi connectivity index (χ4n) is 10.1. The highest BCUT2D eigenvalue weighted by Crippen LogP contribution is 2.51. The van der Waals surface area contributed by atoms with Crippen LogP contribution in [0.5, 0.6) is 0 Å². The molecule has 0 spiro atoms. The maximum Gasteiger partial charge on any atom is 0.179 e. The number of fused-ring (bicyclic) bond motifs is 6. The van der Waals surface area contributed by atoms with E-state index in [9.17, 15) is 0 Å². The van der Waals surface area contributed by atoms with Crippen LogP contribution in [0.15, 0.2) is 218 Å². The Kier molecular flexibility index (Phi) is 11.4. The summed E-state index contributed by atoms with van der Waals surface area (Å²) in [7, 11) is -3.07. The molecular formula is C63H57ClN2Si. The van der Waals surface area contributed by atoms with Gasteiger partial charge in [0.05, 0.1) is 27.8 Å². The van der Waals surface area contributed by atoms with Gasteiger partial charge in [-0.15, -0.1) is 0 Å². The minimum absolute atomic E-state index is 0.0687. The van der Waals surface area contributed by atoms with Crippen molar-refractivity contribution in [2.75, 3.05) is 9.80 Å². The minimum atomic E-state index is -3.07. The van der Waals surface area contributed by atoms with Gasteiger partial charge in [-0.3, -0.25) is 0 Å². The summed E-state index contributed by atoms with van der Waals surface area (Å²) in [5.74, 6) is 0. The van der Waals surface area contributed by atoms with Crippen LogP contribution in [0.4, 0.5) is 34.1 Å². The molecule has 0 saturated heterocycles. The third kappa shape index (κ3) is 8.01. The molecule has 1 heterocycles. The zero-order chi connectivity index (χ0) is 46.5. The van der Waals surface area contributed by atoms with Crippen LogP contribution in [0.25, 0.3) is 22.3 Å². The van der Waals surface area contributed by atoms with Gasteiger partial charge in [0.2, 0.25) is 0 Å². The topological polar surface area (TPSA) is 6.48 Å². The molecule has 1 aliphatic heterocycles. The van der Waals surface area contributed by atoms with Crippen molar-refractivity contribution < 1.29 is 0 Å². The van der Waals surface area contributed by atoms with E-state index in [-0.39, 0.29) is 10.8 Å². The van der Waals surface area contributed by atoms with Crippen molar-refractivity contribution >= 4 is 74.5 Å². The first kappa shape index (κ1) is 44.0. The van der Waals surface area contributed by atoms with Gasteiger partial charge in [0, 0.05) is 22.5 Å². The molecule has 10 rings (SSSR count). The first-order valence-corrected chi connectivity index (χ1v) is 25.8. The van der Waals surface area contributed by atoms with E-state index in [1.807, 2.05) is 0 Å². The lowest BCUT2D eigenvalue weighted by Crippen LogP contribution is -2.74. The van der Waals surface area contributed by atoms with Gasteiger partial charge in [-0.05, 0) is 127 Å². The van der Waals surface area contributed by atoms with Crippen LogP contribution < -0.4 is 30.5 Å². The van der Waals surface area contributed by atoms with E-state index in [0.717, 1.165) is 61.9 Å². The highest BCUT2D eigenvalue weighted by atomic mass is 35.5. The average molecular weight is 906 g/mol. The molecule has 0 saturated carbocycles. The summed E-state index contributed by atoms with van der Waals surface area (Å²) in [6.45, 7) is 15.9. The normalized spacial score (nSPS) is 13.4. The summed E-state index contributed by atoms with van der Waals surface area (Å²) >= 11 is 8.20. The highest BCUT2D eigenvalue weighted by Gasteiger charge is 2.43. The second-order valence-corrected chi connectivity index (χ2v) is 24.3. The zero-order valence-electron chi connectivity index (χ0n) is 39.6. The quantitative estimate of drug-likeness (QED) is 0.153. The SMILES string of the molecule is Cc1cc2c(Cl)c(c1)N(c1ccc(C(C)(C)C)cc1-c1ccccc1)c1cccc(c1)[Si](c1ccccc1)(c1ccccc1)c1cccc(c1)N2c1ccc(C(C)(C)C)cc1-c1ccccc1. The molecule has 0 atom stereocenters. The van der Waals surface area contributed by atoms with Gasteiger partial charge in [0.25, 0.3) is 0 Å². The number of hydrogen-bond donors (Lipinski definition) is 0. The van der Waals surface area contributed by atoms with Gasteiger partial charge < -0.3 is 9.80 Å². The van der Waals surface area contributed by atoms with Gasteiger partial charge in [0.15, 0.2) is 8.07 Å². The minimum Gasteiger partial charge on any atom is -0.308 e. The molecule has 9 aromatic rings. The van der Waals surface area contributed by atoms with E-state index in [4.69, 9.17) is 11.6 Å². The van der Waals surface area contributed by atoms with Crippen molar-refractivity contribution in [3.05, 3.63) is 240 Å². The molecule has 0 radical (unpaired) electrons. The summed E-state index contributed by atoms with van der Waals surface area (Å²) in [5, 5.41) is 5.86. The van der Waals surface area contributed by atoms with Crippen molar-refractivity contribution in [3.8, 4) is 22.3 Å². The van der Waals surface area contributed by atoms with Crippen LogP contribution in [-0.4, -0.2) is 8.07 Å². The largest absolute Gasteiger partial charge is 0.308 e. The Morgan fingerprint density at radius 1 is 0.358 bits per heavy atom. The van der Waals surface area contributed by atoms with E-state index in [0.29, 0.717) is 5.02 Å². The number of hydrogen-bond acceptors (Lipinski definition) is 2. The van der Waals surface area contributed by atoms with Crippen molar-refractivity contribution in [3.63, 3.8) is 0 Å². The van der Waals surface area contributed by atoms with Crippen LogP contribution in [0, 0.1) is 6.92 Å². The lowest BCUT2D eigenvalue weighted by molar-refractivity contribution is 0.590. The fraction of sp³-hybridized carbons (Fsp3) is 0.143. The standard InChI is InChI=1S/C63H57ClN2Si/c1-44-38-59-61(64)60(39-44)66(58-37-35-48(63(5,6)7)41-56(58)46-24-14-9-15-25-46)50-27-21-33-54(43-50)67(51-28-16-10-17-29-51,52-30-18-11-19-31-52)53-32-20-26-49(42-53)65(59)57-36-34-47(62(2,3)4)40-55(57)45-22-12-8-13-23-45/h8-43H,1-7H3. The second-order valence-electron chi connectivity index (χ2n) is 20.1. The second kappa shape index (κ2) is 17.4. The van der Waals surface area contributed by atoms with Gasteiger partial charge in [-0.25, -0.2) is 0 Å². The lowest BCUT2D eigenvalue weighted by Gasteiger charge is -2.38. The third-order valence-electron chi connectivity index (χ3n) is 13.5. The van der Waals surface area contributed by atoms with Crippen molar-refractivity contribution in [1.29, 1.82) is 0 Å². The molecule has 330 valence electrons. The average Bonchev–Trinajstić information content (AvgIpc) is 3.34. The molecule has 0 fully saturated rings. The number of aryl methyl sites for hydroxylation is 1. The summed E-state index contributed by atoms with van der Waals surface area (Å²) in [6.07, 6.45) is 0. The molecule has 6 bridgehead atoms. The predicted molar refractivity (Wildman–Crippen MR) is 291 cm³/mol. The number of nitrogens with zero attached hydrogens (tertiary/aromatic N) is 2. The van der Waals surface area contributed by atoms with Crippen molar-refractivity contribution in [1.82, 2.24) is 0 Å². The molecule has 67 heavy (non-hydrogen) atoms. The molecule has 0 aliphatic carbocycles. The Hall–Kier alpha value is -6.91. The van der Waals surface area contributed by atoms with Gasteiger partial charge >= 0.3 is 0 Å². The third-order valence-corrected chi connectivity index (χ3v) is 18.7. The highest BCUT2D eigenvalue weighted by molar-refractivity contribution is 7.20. The lowest BCUT2D eigenvalue weighted by atomic mass is 9.84. The number of halogens is 1. The van der Waals surface area contributed by atoms with Crippen LogP contribution in [-0.2, 0) is 10.8 Å². The van der Waals surface area contributed by atoms with Crippen LogP contribution >= 0.6 is 11.6 Å². The van der Waals surface area contributed by atoms with Gasteiger partial charge in [0.1, 0.15) is 0 Å². The smallest absolute Gasteiger partial charge is 0.179 e. The van der Waals surface area contributed by atoms with E-state index in [1.165, 1.54) is 31.9 Å². The number of anilines is 6. The fourth-order valence-corrected chi connectivity index (χ4v) is 15.2. The van der Waals surface area contributed by atoms with E-state index in [2.05, 4.69) is 277 Å². The first-order valence-electron chi connectivity index (χ1n) is 23.4. The maximum atomic E-state index is 8.20. The molecule has 1 aliphatic rings. The zero-order valence-corrected chi connectivity index (χ0v) is 41.3. The summed E-state index contributed by atoms with van der Waals surface area (Å²) in [6, 6.07) is 81.4. The maximum absolute atomic E-state index is 8.20. The van der Waals surface area contributed by atoms with E-state index < -0.39 is 8.07 Å². The molecule has 4 heteroatoms. The van der Waals surface area contributed by atoms with Crippen LogP contribution in [0.2, 0.25) is 5.02 Å². The van der Waals surface area contributed by atoms with Gasteiger partial charge in [-0.2, -0.15) is 0 Å². The molecule has 0 unspecified atom stereocenters. The Balaban J connectivity index is 1.39. The van der Waals surface area contributed by atoms with Crippen molar-refractivity contribution in [2.45, 2.75) is 59.3 Å². The Bertz CT molecular complexity index is 3010. The molecule has 2 nitrogen and oxygen atoms in total. The first-order chi connectivity index (χ1) is 32.3. The molecular weight excluding hydrogens is 848 g/mol. The Labute approximate surface area is 403 Å². The summed E-state index contributed by atoms with van der Waals surface area (Å²) < 4.78 is 0. The Morgan fingerprint density at radius 3 is 1.09 bits per heavy atom. The molecule has 0 N–H and O–H groups in total. The van der Waals surface area contributed by atoms with Crippen molar-refractivity contribution in [2.24, 2.45) is 0 Å². The number of rotatable bonds is 6. The van der Waals surface area contributed by atoms with E-state index in [1.54, 1.807) is 0 Å². The monoisotopic (exact) mass is 904 g/mol. The van der Waals surface area contributed by atoms with Crippen LogP contribution in [0.3, 0.4) is 0 Å². The summed E-state index contributed by atoms with van der Waals surface area (Å²) in [5.41, 5.74) is 14.1. The van der Waals surface area contributed by atoms with E-state index >= 15 is 0 Å². The molecule has 9 aromatic carbocycles. The molecule has 0 amide bonds. The Morgan fingerprint density at radius 2 is 0.716 bits per heavy atom. The predicted octanol–water partition coefficient (Wildman–Crippen LogP) is 15.2. The van der Waals surface area contributed by atoms with Crippen LogP contribution in [0.1, 0.15) is 58.2 Å². The summed E-state index contributed by atoms with van der Waals surface area (Å²) in [4.78, 5) is 4.86.